The van der Waals surface area contributed by atoms with Gasteiger partial charge in [-0.1, -0.05) is 13.3 Å². The molecule has 2 saturated heterocycles. The molecule has 0 N–H and O–H groups in total. The zero-order chi connectivity index (χ0) is 8.55. The van der Waals surface area contributed by atoms with Crippen molar-refractivity contribution in [3.63, 3.8) is 0 Å². The van der Waals surface area contributed by atoms with Gasteiger partial charge in [-0.15, -0.1) is 0 Å². The molecule has 0 saturated carbocycles. The number of rotatable bonds is 0. The van der Waals surface area contributed by atoms with Crippen LogP contribution >= 0.6 is 0 Å². The number of ketones is 1. The van der Waals surface area contributed by atoms with E-state index in [0.29, 0.717) is 17.7 Å². The minimum absolute atomic E-state index is 0.301. The average Bonchev–Trinajstić information content (AvgIpc) is 2.04. The number of piperidine rings is 2. The van der Waals surface area contributed by atoms with Crippen LogP contribution in [-0.4, -0.2) is 29.8 Å². The van der Waals surface area contributed by atoms with E-state index in [9.17, 15) is 4.79 Å². The van der Waals surface area contributed by atoms with Gasteiger partial charge in [0.05, 0.1) is 6.04 Å². The SMILES string of the molecule is CC1CC(=O)C2CCCCN2C1. The van der Waals surface area contributed by atoms with E-state index in [4.69, 9.17) is 0 Å². The van der Waals surface area contributed by atoms with E-state index in [2.05, 4.69) is 11.8 Å². The van der Waals surface area contributed by atoms with Gasteiger partial charge in [0.25, 0.3) is 0 Å². The van der Waals surface area contributed by atoms with Crippen LogP contribution in [0.4, 0.5) is 0 Å². The molecule has 2 fully saturated rings. The standard InChI is InChI=1S/C10H17NO/c1-8-6-10(12)9-4-2-3-5-11(9)7-8/h8-9H,2-7H2,1H3. The van der Waals surface area contributed by atoms with Gasteiger partial charge >= 0.3 is 0 Å². The first kappa shape index (κ1) is 8.24. The first-order valence-corrected chi connectivity index (χ1v) is 5.04. The van der Waals surface area contributed by atoms with Crippen LogP contribution in [0.15, 0.2) is 0 Å². The monoisotopic (exact) mass is 167 g/mol. The van der Waals surface area contributed by atoms with Crippen LogP contribution in [-0.2, 0) is 4.79 Å². The van der Waals surface area contributed by atoms with Gasteiger partial charge in [0.15, 0.2) is 0 Å². The first-order chi connectivity index (χ1) is 5.77. The van der Waals surface area contributed by atoms with E-state index in [1.54, 1.807) is 0 Å². The molecule has 0 aromatic carbocycles. The van der Waals surface area contributed by atoms with Crippen LogP contribution in [0, 0.1) is 5.92 Å². The molecule has 2 rings (SSSR count). The molecule has 2 heteroatoms. The van der Waals surface area contributed by atoms with Crippen molar-refractivity contribution >= 4 is 5.78 Å². The number of nitrogens with zero attached hydrogens (tertiary/aromatic N) is 1. The molecule has 68 valence electrons. The number of hydrogen-bond donors (Lipinski definition) is 0. The van der Waals surface area contributed by atoms with Crippen LogP contribution in [0.1, 0.15) is 32.6 Å². The van der Waals surface area contributed by atoms with E-state index in [1.165, 1.54) is 12.8 Å². The molecule has 0 amide bonds. The van der Waals surface area contributed by atoms with Crippen LogP contribution in [0.25, 0.3) is 0 Å². The smallest absolute Gasteiger partial charge is 0.150 e. The summed E-state index contributed by atoms with van der Waals surface area (Å²) >= 11 is 0. The summed E-state index contributed by atoms with van der Waals surface area (Å²) in [6.07, 6.45) is 4.48. The molecule has 2 unspecified atom stereocenters. The van der Waals surface area contributed by atoms with Crippen molar-refractivity contribution < 1.29 is 4.79 Å². The normalized spacial score (nSPS) is 37.9. The Kier molecular flexibility index (Phi) is 2.18. The summed E-state index contributed by atoms with van der Waals surface area (Å²) in [5.41, 5.74) is 0. The predicted octanol–water partition coefficient (Wildman–Crippen LogP) is 1.45. The summed E-state index contributed by atoms with van der Waals surface area (Å²) in [6.45, 7) is 4.49. The molecule has 2 nitrogen and oxygen atoms in total. The summed E-state index contributed by atoms with van der Waals surface area (Å²) in [4.78, 5) is 14.0. The predicted molar refractivity (Wildman–Crippen MR) is 48.0 cm³/mol. The van der Waals surface area contributed by atoms with Crippen molar-refractivity contribution in [3.05, 3.63) is 0 Å². The molecule has 2 heterocycles. The van der Waals surface area contributed by atoms with Crippen LogP contribution in [0.5, 0.6) is 0 Å². The fourth-order valence-electron chi connectivity index (χ4n) is 2.52. The first-order valence-electron chi connectivity index (χ1n) is 5.04. The van der Waals surface area contributed by atoms with E-state index in [-0.39, 0.29) is 0 Å². The number of carbonyl (C=O) groups is 1. The number of fused-ring (bicyclic) bond motifs is 1. The molecule has 0 aromatic heterocycles. The lowest BCUT2D eigenvalue weighted by Gasteiger charge is -2.40. The topological polar surface area (TPSA) is 20.3 Å². The highest BCUT2D eigenvalue weighted by Crippen LogP contribution is 2.26. The summed E-state index contributed by atoms with van der Waals surface area (Å²) in [7, 11) is 0. The highest BCUT2D eigenvalue weighted by molar-refractivity contribution is 5.85. The third kappa shape index (κ3) is 1.40. The third-order valence-electron chi connectivity index (χ3n) is 3.08. The van der Waals surface area contributed by atoms with Gasteiger partial charge in [0.2, 0.25) is 0 Å². The second kappa shape index (κ2) is 3.17. The summed E-state index contributed by atoms with van der Waals surface area (Å²) in [5, 5.41) is 0. The van der Waals surface area contributed by atoms with Gasteiger partial charge in [-0.25, -0.2) is 0 Å². The van der Waals surface area contributed by atoms with Crippen molar-refractivity contribution in [1.82, 2.24) is 4.90 Å². The van der Waals surface area contributed by atoms with Crippen LogP contribution in [0.2, 0.25) is 0 Å². The summed E-state index contributed by atoms with van der Waals surface area (Å²) < 4.78 is 0. The van der Waals surface area contributed by atoms with Crippen molar-refractivity contribution in [3.8, 4) is 0 Å². The molecule has 0 aromatic rings. The molecular formula is C10H17NO. The minimum atomic E-state index is 0.301. The van der Waals surface area contributed by atoms with Crippen LogP contribution < -0.4 is 0 Å². The molecule has 0 aliphatic carbocycles. The third-order valence-corrected chi connectivity index (χ3v) is 3.08. The van der Waals surface area contributed by atoms with Crippen molar-refractivity contribution in [2.24, 2.45) is 5.92 Å². The lowest BCUT2D eigenvalue weighted by molar-refractivity contribution is -0.130. The van der Waals surface area contributed by atoms with Gasteiger partial charge in [0, 0.05) is 13.0 Å². The minimum Gasteiger partial charge on any atom is -0.298 e. The molecule has 0 radical (unpaired) electrons. The average molecular weight is 167 g/mol. The number of carbonyl (C=O) groups excluding carboxylic acids is 1. The van der Waals surface area contributed by atoms with Gasteiger partial charge in [-0.2, -0.15) is 0 Å². The Morgan fingerprint density at radius 2 is 2.25 bits per heavy atom. The fraction of sp³-hybridized carbons (Fsp3) is 0.900. The summed E-state index contributed by atoms with van der Waals surface area (Å²) in [6, 6.07) is 0.301. The van der Waals surface area contributed by atoms with E-state index < -0.39 is 0 Å². The molecule has 2 atom stereocenters. The van der Waals surface area contributed by atoms with Crippen molar-refractivity contribution in [1.29, 1.82) is 0 Å². The molecule has 0 spiro atoms. The van der Waals surface area contributed by atoms with Crippen molar-refractivity contribution in [2.75, 3.05) is 13.1 Å². The van der Waals surface area contributed by atoms with E-state index >= 15 is 0 Å². The molecule has 0 bridgehead atoms. The molecule has 2 aliphatic rings. The fourth-order valence-corrected chi connectivity index (χ4v) is 2.52. The van der Waals surface area contributed by atoms with E-state index in [1.807, 2.05) is 0 Å². The summed E-state index contributed by atoms with van der Waals surface area (Å²) in [5.74, 6) is 1.08. The van der Waals surface area contributed by atoms with Gasteiger partial charge in [-0.3, -0.25) is 9.69 Å². The second-order valence-corrected chi connectivity index (χ2v) is 4.28. The maximum Gasteiger partial charge on any atom is 0.150 e. The van der Waals surface area contributed by atoms with Gasteiger partial charge in [0.1, 0.15) is 5.78 Å². The Hall–Kier alpha value is -0.370. The second-order valence-electron chi connectivity index (χ2n) is 4.28. The zero-order valence-corrected chi connectivity index (χ0v) is 7.75. The molecular weight excluding hydrogens is 150 g/mol. The Labute approximate surface area is 73.9 Å². The maximum absolute atomic E-state index is 11.6. The lowest BCUT2D eigenvalue weighted by Crippen LogP contribution is -2.50. The van der Waals surface area contributed by atoms with E-state index in [0.717, 1.165) is 25.9 Å². The zero-order valence-electron chi connectivity index (χ0n) is 7.75. The largest absolute Gasteiger partial charge is 0.298 e. The van der Waals surface area contributed by atoms with Gasteiger partial charge < -0.3 is 0 Å². The highest BCUT2D eigenvalue weighted by atomic mass is 16.1. The molecule has 12 heavy (non-hydrogen) atoms. The Morgan fingerprint density at radius 3 is 3.08 bits per heavy atom. The Bertz CT molecular complexity index is 190. The Balaban J connectivity index is 2.06. The molecule has 2 aliphatic heterocycles. The highest BCUT2D eigenvalue weighted by Gasteiger charge is 2.33. The lowest BCUT2D eigenvalue weighted by atomic mass is 9.87. The van der Waals surface area contributed by atoms with Crippen molar-refractivity contribution in [2.45, 2.75) is 38.6 Å². The Morgan fingerprint density at radius 1 is 1.42 bits per heavy atom. The quantitative estimate of drug-likeness (QED) is 0.544. The van der Waals surface area contributed by atoms with Gasteiger partial charge in [-0.05, 0) is 25.3 Å². The number of hydrogen-bond acceptors (Lipinski definition) is 2. The van der Waals surface area contributed by atoms with Crippen LogP contribution in [0.3, 0.4) is 0 Å². The maximum atomic E-state index is 11.6. The number of Topliss-reactive ketones (excluding diaryl/α,β-unsaturated/α-hetero) is 1.